The van der Waals surface area contributed by atoms with E-state index in [0.717, 1.165) is 55.4 Å². The Labute approximate surface area is 224 Å². The molecule has 1 aromatic heterocycles. The van der Waals surface area contributed by atoms with Crippen LogP contribution in [0.1, 0.15) is 48.5 Å². The summed E-state index contributed by atoms with van der Waals surface area (Å²) in [6.07, 6.45) is 9.48. The number of piperidine rings is 1. The minimum Gasteiger partial charge on any atom is -0.458 e. The highest BCUT2D eigenvalue weighted by Gasteiger charge is 2.44. The first kappa shape index (κ1) is 24.9. The second-order valence-corrected chi connectivity index (χ2v) is 12.2. The molecule has 3 aromatic rings. The normalized spacial score (nSPS) is 26.4. The minimum absolute atomic E-state index is 0.211. The lowest BCUT2D eigenvalue weighted by Gasteiger charge is -2.45. The summed E-state index contributed by atoms with van der Waals surface area (Å²) in [7, 11) is -0.402. The first-order valence-electron chi connectivity index (χ1n) is 12.9. The van der Waals surface area contributed by atoms with Crippen LogP contribution in [0.15, 0.2) is 81.8 Å². The highest BCUT2D eigenvalue weighted by molar-refractivity contribution is 8.22. The molecule has 0 radical (unpaired) electrons. The lowest BCUT2D eigenvalue weighted by Crippen LogP contribution is -2.43. The van der Waals surface area contributed by atoms with Gasteiger partial charge in [0.25, 0.3) is 0 Å². The maximum Gasteiger partial charge on any atom is 0.237 e. The minimum atomic E-state index is -1.29. The number of ether oxygens (including phenoxy) is 2. The molecule has 1 saturated heterocycles. The molecular formula is C30H30FN3O3S. The molecule has 6 rings (SSSR count). The smallest absolute Gasteiger partial charge is 0.237 e. The Morgan fingerprint density at radius 2 is 2.05 bits per heavy atom. The number of nitriles is 1. The number of oxazole rings is 1. The summed E-state index contributed by atoms with van der Waals surface area (Å²) in [4.78, 5) is 8.27. The lowest BCUT2D eigenvalue weighted by atomic mass is 9.85. The number of fused-ring (bicyclic) bond motifs is 1. The SMILES string of the molecule is C[C@@]1(c2ccc(C#N)cc2F)Oc2ccccc2[C@H](C2CCN(CC3=CC=C[SH]3Cc3ncco3)CC2)O1. The van der Waals surface area contributed by atoms with Crippen LogP contribution < -0.4 is 4.74 Å². The molecule has 38 heavy (non-hydrogen) atoms. The van der Waals surface area contributed by atoms with E-state index in [2.05, 4.69) is 27.4 Å². The summed E-state index contributed by atoms with van der Waals surface area (Å²) in [5.74, 6) is 0.852. The Balaban J connectivity index is 1.16. The van der Waals surface area contributed by atoms with E-state index < -0.39 is 22.5 Å². The molecule has 4 heterocycles. The fraction of sp³-hybridized carbons (Fsp3) is 0.333. The molecule has 0 saturated carbocycles. The van der Waals surface area contributed by atoms with Crippen LogP contribution in [0.3, 0.4) is 0 Å². The quantitative estimate of drug-likeness (QED) is 0.375. The van der Waals surface area contributed by atoms with Gasteiger partial charge in [-0.1, -0.05) is 30.4 Å². The molecule has 1 unspecified atom stereocenters. The van der Waals surface area contributed by atoms with Crippen LogP contribution in [0.2, 0.25) is 0 Å². The van der Waals surface area contributed by atoms with E-state index in [9.17, 15) is 0 Å². The van der Waals surface area contributed by atoms with Gasteiger partial charge >= 0.3 is 0 Å². The molecule has 3 aliphatic heterocycles. The second kappa shape index (κ2) is 10.4. The van der Waals surface area contributed by atoms with Gasteiger partial charge in [-0.15, -0.1) is 0 Å². The van der Waals surface area contributed by atoms with Crippen LogP contribution in [0.25, 0.3) is 0 Å². The zero-order valence-electron chi connectivity index (χ0n) is 21.2. The van der Waals surface area contributed by atoms with Gasteiger partial charge in [0.05, 0.1) is 35.2 Å². The third kappa shape index (κ3) is 4.90. The van der Waals surface area contributed by atoms with E-state index in [4.69, 9.17) is 19.2 Å². The Kier molecular flexibility index (Phi) is 6.83. The number of thiol groups is 1. The monoisotopic (exact) mass is 531 g/mol. The van der Waals surface area contributed by atoms with Crippen molar-refractivity contribution in [1.29, 1.82) is 5.26 Å². The van der Waals surface area contributed by atoms with Crippen molar-refractivity contribution in [2.24, 2.45) is 5.92 Å². The number of likely N-dealkylation sites (tertiary alicyclic amines) is 1. The second-order valence-electron chi connectivity index (χ2n) is 10.1. The largest absolute Gasteiger partial charge is 0.458 e. The molecule has 196 valence electrons. The van der Waals surface area contributed by atoms with Gasteiger partial charge < -0.3 is 13.9 Å². The molecule has 0 spiro atoms. The van der Waals surface area contributed by atoms with Crippen LogP contribution in [0, 0.1) is 23.1 Å². The summed E-state index contributed by atoms with van der Waals surface area (Å²) in [5, 5.41) is 11.4. The van der Waals surface area contributed by atoms with Crippen LogP contribution >= 0.6 is 10.9 Å². The molecule has 0 amide bonds. The Morgan fingerprint density at radius 1 is 1.21 bits per heavy atom. The van der Waals surface area contributed by atoms with Crippen LogP contribution in [-0.4, -0.2) is 29.5 Å². The van der Waals surface area contributed by atoms with Crippen molar-refractivity contribution in [1.82, 2.24) is 9.88 Å². The predicted molar refractivity (Wildman–Crippen MR) is 145 cm³/mol. The van der Waals surface area contributed by atoms with Crippen molar-refractivity contribution < 1.29 is 18.3 Å². The van der Waals surface area contributed by atoms with Crippen molar-refractivity contribution in [3.8, 4) is 11.8 Å². The molecule has 0 aliphatic carbocycles. The van der Waals surface area contributed by atoms with Gasteiger partial charge in [0.1, 0.15) is 17.8 Å². The maximum absolute atomic E-state index is 15.1. The number of benzene rings is 2. The molecule has 0 N–H and O–H groups in total. The number of hydrogen-bond donors (Lipinski definition) is 1. The zero-order chi connectivity index (χ0) is 26.1. The molecule has 6 nitrogen and oxygen atoms in total. The van der Waals surface area contributed by atoms with Gasteiger partial charge in [0.15, 0.2) is 0 Å². The lowest BCUT2D eigenvalue weighted by molar-refractivity contribution is -0.243. The van der Waals surface area contributed by atoms with Gasteiger partial charge in [0.2, 0.25) is 11.7 Å². The van der Waals surface area contributed by atoms with Gasteiger partial charge in [-0.05, 0) is 66.4 Å². The molecule has 3 atom stereocenters. The molecule has 8 heteroatoms. The third-order valence-electron chi connectivity index (χ3n) is 7.63. The molecule has 1 fully saturated rings. The summed E-state index contributed by atoms with van der Waals surface area (Å²) < 4.78 is 33.4. The van der Waals surface area contributed by atoms with E-state index in [0.29, 0.717) is 5.56 Å². The van der Waals surface area contributed by atoms with E-state index >= 15 is 4.39 Å². The van der Waals surface area contributed by atoms with E-state index in [1.54, 1.807) is 31.5 Å². The van der Waals surface area contributed by atoms with Crippen LogP contribution in [-0.2, 0) is 16.3 Å². The Bertz CT molecular complexity index is 1410. The topological polar surface area (TPSA) is 71.5 Å². The van der Waals surface area contributed by atoms with E-state index in [-0.39, 0.29) is 17.6 Å². The summed E-state index contributed by atoms with van der Waals surface area (Å²) in [5.41, 5.74) is 1.58. The van der Waals surface area contributed by atoms with Crippen molar-refractivity contribution in [2.75, 3.05) is 19.6 Å². The predicted octanol–water partition coefficient (Wildman–Crippen LogP) is 6.33. The first-order valence-corrected chi connectivity index (χ1v) is 14.5. The maximum atomic E-state index is 15.1. The van der Waals surface area contributed by atoms with Crippen LogP contribution in [0.5, 0.6) is 5.75 Å². The van der Waals surface area contributed by atoms with Crippen molar-refractivity contribution in [3.63, 3.8) is 0 Å². The van der Waals surface area contributed by atoms with Crippen molar-refractivity contribution in [2.45, 2.75) is 37.4 Å². The summed E-state index contributed by atoms with van der Waals surface area (Å²) in [6, 6.07) is 14.3. The van der Waals surface area contributed by atoms with Crippen molar-refractivity contribution in [3.05, 3.63) is 106 Å². The van der Waals surface area contributed by atoms with E-state index in [1.807, 2.05) is 30.3 Å². The highest BCUT2D eigenvalue weighted by atomic mass is 32.2. The zero-order valence-corrected chi connectivity index (χ0v) is 22.1. The van der Waals surface area contributed by atoms with Gasteiger partial charge in [-0.25, -0.2) is 20.3 Å². The Hall–Kier alpha value is -3.38. The average Bonchev–Trinajstić information content (AvgIpc) is 3.61. The molecule has 0 bridgehead atoms. The Morgan fingerprint density at radius 3 is 2.82 bits per heavy atom. The van der Waals surface area contributed by atoms with Gasteiger partial charge in [-0.3, -0.25) is 4.90 Å². The molecule has 2 aromatic carbocycles. The average molecular weight is 532 g/mol. The number of aromatic nitrogens is 1. The van der Waals surface area contributed by atoms with Crippen molar-refractivity contribution >= 4 is 10.9 Å². The highest BCUT2D eigenvalue weighted by Crippen LogP contribution is 2.49. The third-order valence-corrected chi connectivity index (χ3v) is 9.80. The number of allylic oxidation sites excluding steroid dienone is 2. The number of rotatable bonds is 6. The summed E-state index contributed by atoms with van der Waals surface area (Å²) >= 11 is 0. The van der Waals surface area contributed by atoms with Gasteiger partial charge in [-0.2, -0.15) is 5.26 Å². The van der Waals surface area contributed by atoms with Gasteiger partial charge in [0, 0.05) is 19.0 Å². The van der Waals surface area contributed by atoms with Crippen LogP contribution in [0.4, 0.5) is 4.39 Å². The number of nitrogens with zero attached hydrogens (tertiary/aromatic N) is 3. The molecule has 3 aliphatic rings. The number of para-hydroxylation sites is 1. The summed E-state index contributed by atoms with van der Waals surface area (Å²) in [6.45, 7) is 4.65. The first-order chi connectivity index (χ1) is 18.5. The molecular weight excluding hydrogens is 501 g/mol. The van der Waals surface area contributed by atoms with E-state index in [1.165, 1.54) is 11.0 Å². The number of hydrogen-bond acceptors (Lipinski definition) is 6. The standard InChI is InChI=1S/C30H30FN3O3S/c1-30(25-9-8-21(18-32)17-26(25)31)36-27-7-3-2-6-24(27)29(37-30)22-10-13-34(14-11-22)19-23-5-4-16-38(23)20-28-33-12-15-35-28/h2-9,12,15-17,22,29,38H,10-11,13-14,19-20H2,1H3/t29-,30+/m0/s1. The fourth-order valence-electron chi connectivity index (χ4n) is 5.64. The fourth-order valence-corrected chi connectivity index (χ4v) is 7.54. The number of halogens is 1.